The third-order valence-corrected chi connectivity index (χ3v) is 5.90. The van der Waals surface area contributed by atoms with Gasteiger partial charge < -0.3 is 5.73 Å². The fourth-order valence-corrected chi connectivity index (χ4v) is 3.85. The highest BCUT2D eigenvalue weighted by atomic mass is 35.5. The molecule has 13 heteroatoms. The molecule has 0 aliphatic carbocycles. The van der Waals surface area contributed by atoms with Crippen molar-refractivity contribution in [1.29, 1.82) is 5.26 Å². The molecule has 2 heterocycles. The number of nitrogens with two attached hydrogens (primary N) is 1. The molecule has 0 radical (unpaired) electrons. The molecule has 0 fully saturated rings. The standard InChI is InChI=1S/C21H16ClN9O2S/c1-12(14-4-2-13(10-23)3-5-14)25-27-21(32)18-17(11-34-16-8-6-15(22)7-9-16)31(30-26-18)20-19(24)28-33-29-20/h2-9H,11H2,1H3,(H2,24,28)(H,27,32)/b25-12+. The zero-order valence-electron chi connectivity index (χ0n) is 17.6. The minimum atomic E-state index is -0.569. The van der Waals surface area contributed by atoms with E-state index < -0.39 is 5.91 Å². The molecule has 0 aliphatic rings. The van der Waals surface area contributed by atoms with Gasteiger partial charge in [-0.3, -0.25) is 4.79 Å². The monoisotopic (exact) mass is 493 g/mol. The summed E-state index contributed by atoms with van der Waals surface area (Å²) in [6.07, 6.45) is 0. The minimum absolute atomic E-state index is 0.00397. The molecule has 0 atom stereocenters. The summed E-state index contributed by atoms with van der Waals surface area (Å²) in [6, 6.07) is 16.1. The zero-order chi connectivity index (χ0) is 24.1. The van der Waals surface area contributed by atoms with Crippen molar-refractivity contribution in [2.45, 2.75) is 17.6 Å². The fourth-order valence-electron chi connectivity index (χ4n) is 2.84. The first-order valence-electron chi connectivity index (χ1n) is 9.72. The molecule has 4 rings (SSSR count). The molecular formula is C21H16ClN9O2S. The van der Waals surface area contributed by atoms with E-state index in [-0.39, 0.29) is 17.3 Å². The number of hydrogen-bond acceptors (Lipinski definition) is 10. The van der Waals surface area contributed by atoms with Gasteiger partial charge in [-0.2, -0.15) is 15.0 Å². The number of nitriles is 1. The van der Waals surface area contributed by atoms with E-state index in [2.05, 4.69) is 41.9 Å². The number of nitrogens with one attached hydrogen (secondary N) is 1. The number of hydrogen-bond donors (Lipinski definition) is 2. The van der Waals surface area contributed by atoms with Crippen LogP contribution in [0.5, 0.6) is 0 Å². The van der Waals surface area contributed by atoms with Crippen molar-refractivity contribution in [2.75, 3.05) is 5.73 Å². The second kappa shape index (κ2) is 10.2. The summed E-state index contributed by atoms with van der Waals surface area (Å²) in [5, 5.41) is 29.0. The number of benzene rings is 2. The smallest absolute Gasteiger partial charge is 0.293 e. The third-order valence-electron chi connectivity index (χ3n) is 4.62. The van der Waals surface area contributed by atoms with E-state index in [0.29, 0.717) is 27.7 Å². The summed E-state index contributed by atoms with van der Waals surface area (Å²) in [6.45, 7) is 1.73. The lowest BCUT2D eigenvalue weighted by Crippen LogP contribution is -2.21. The molecule has 2 aromatic heterocycles. The van der Waals surface area contributed by atoms with Crippen molar-refractivity contribution in [3.05, 3.63) is 76.1 Å². The van der Waals surface area contributed by atoms with E-state index in [0.717, 1.165) is 10.5 Å². The number of amides is 1. The number of anilines is 1. The van der Waals surface area contributed by atoms with Crippen molar-refractivity contribution in [1.82, 2.24) is 30.7 Å². The van der Waals surface area contributed by atoms with Crippen LogP contribution in [0.25, 0.3) is 5.82 Å². The number of nitrogens with zero attached hydrogens (tertiary/aromatic N) is 7. The van der Waals surface area contributed by atoms with Gasteiger partial charge in [0.15, 0.2) is 5.69 Å². The van der Waals surface area contributed by atoms with Crippen molar-refractivity contribution in [3.8, 4) is 11.9 Å². The summed E-state index contributed by atoms with van der Waals surface area (Å²) in [5.74, 6) is -0.136. The van der Waals surface area contributed by atoms with Crippen molar-refractivity contribution >= 4 is 40.8 Å². The van der Waals surface area contributed by atoms with Crippen LogP contribution in [-0.4, -0.2) is 36.9 Å². The quantitative estimate of drug-likeness (QED) is 0.223. The average Bonchev–Trinajstić information content (AvgIpc) is 3.47. The Morgan fingerprint density at radius 2 is 1.97 bits per heavy atom. The molecule has 34 heavy (non-hydrogen) atoms. The maximum Gasteiger partial charge on any atom is 0.293 e. The first kappa shape index (κ1) is 23.0. The number of carbonyl (C=O) groups excluding carboxylic acids is 1. The lowest BCUT2D eigenvalue weighted by atomic mass is 10.1. The molecule has 0 aliphatic heterocycles. The van der Waals surface area contributed by atoms with Crippen LogP contribution in [0, 0.1) is 11.3 Å². The lowest BCUT2D eigenvalue weighted by Gasteiger charge is -2.06. The Bertz CT molecular complexity index is 1390. The Morgan fingerprint density at radius 1 is 1.24 bits per heavy atom. The van der Waals surface area contributed by atoms with Crippen LogP contribution < -0.4 is 11.2 Å². The van der Waals surface area contributed by atoms with Crippen LogP contribution in [-0.2, 0) is 5.75 Å². The van der Waals surface area contributed by atoms with E-state index in [4.69, 9.17) is 22.6 Å². The van der Waals surface area contributed by atoms with E-state index in [1.54, 1.807) is 43.3 Å². The highest BCUT2D eigenvalue weighted by molar-refractivity contribution is 7.98. The molecule has 0 unspecified atom stereocenters. The maximum atomic E-state index is 12.9. The van der Waals surface area contributed by atoms with Crippen molar-refractivity contribution < 1.29 is 9.42 Å². The highest BCUT2D eigenvalue weighted by Gasteiger charge is 2.24. The van der Waals surface area contributed by atoms with Gasteiger partial charge in [0.05, 0.1) is 23.0 Å². The number of nitrogen functional groups attached to an aromatic ring is 1. The van der Waals surface area contributed by atoms with E-state index in [1.165, 1.54) is 16.4 Å². The predicted octanol–water partition coefficient (Wildman–Crippen LogP) is 3.20. The Morgan fingerprint density at radius 3 is 2.62 bits per heavy atom. The van der Waals surface area contributed by atoms with Gasteiger partial charge in [0.1, 0.15) is 0 Å². The van der Waals surface area contributed by atoms with Gasteiger partial charge in [0.2, 0.25) is 11.6 Å². The average molecular weight is 494 g/mol. The van der Waals surface area contributed by atoms with Gasteiger partial charge in [-0.15, -0.1) is 16.9 Å². The molecule has 0 bridgehead atoms. The molecule has 0 spiro atoms. The highest BCUT2D eigenvalue weighted by Crippen LogP contribution is 2.27. The van der Waals surface area contributed by atoms with E-state index in [9.17, 15) is 4.79 Å². The van der Waals surface area contributed by atoms with Crippen LogP contribution in [0.2, 0.25) is 5.02 Å². The molecule has 1 amide bonds. The second-order valence-electron chi connectivity index (χ2n) is 6.84. The van der Waals surface area contributed by atoms with Gasteiger partial charge in [0.25, 0.3) is 5.91 Å². The summed E-state index contributed by atoms with van der Waals surface area (Å²) in [5.41, 5.74) is 10.6. The topological polar surface area (TPSA) is 161 Å². The van der Waals surface area contributed by atoms with Crippen LogP contribution in [0.4, 0.5) is 5.82 Å². The van der Waals surface area contributed by atoms with Crippen LogP contribution in [0.1, 0.15) is 34.2 Å². The van der Waals surface area contributed by atoms with Crippen LogP contribution in [0.3, 0.4) is 0 Å². The summed E-state index contributed by atoms with van der Waals surface area (Å²) in [7, 11) is 0. The van der Waals surface area contributed by atoms with Gasteiger partial charge in [0, 0.05) is 15.7 Å². The molecule has 0 saturated heterocycles. The molecule has 0 saturated carbocycles. The van der Waals surface area contributed by atoms with Gasteiger partial charge in [-0.25, -0.2) is 10.1 Å². The largest absolute Gasteiger partial charge is 0.378 e. The summed E-state index contributed by atoms with van der Waals surface area (Å²) in [4.78, 5) is 13.9. The fraction of sp³-hybridized carbons (Fsp3) is 0.0952. The SMILES string of the molecule is C/C(=N\NC(=O)c1nnn(-c2nonc2N)c1CSc1ccc(Cl)cc1)c1ccc(C#N)cc1. The van der Waals surface area contributed by atoms with E-state index in [1.807, 2.05) is 12.1 Å². The number of carbonyl (C=O) groups is 1. The van der Waals surface area contributed by atoms with Crippen LogP contribution >= 0.6 is 23.4 Å². The Balaban J connectivity index is 1.59. The first-order chi connectivity index (χ1) is 16.5. The first-order valence-corrected chi connectivity index (χ1v) is 11.1. The maximum absolute atomic E-state index is 12.9. The molecule has 170 valence electrons. The van der Waals surface area contributed by atoms with Gasteiger partial charge >= 0.3 is 0 Å². The minimum Gasteiger partial charge on any atom is -0.378 e. The molecule has 11 nitrogen and oxygen atoms in total. The predicted molar refractivity (Wildman–Crippen MR) is 125 cm³/mol. The number of thioether (sulfide) groups is 1. The Hall–Kier alpha value is -4.21. The summed E-state index contributed by atoms with van der Waals surface area (Å²) < 4.78 is 5.97. The summed E-state index contributed by atoms with van der Waals surface area (Å²) >= 11 is 7.39. The van der Waals surface area contributed by atoms with Gasteiger partial charge in [-0.05, 0) is 59.2 Å². The molecular weight excluding hydrogens is 478 g/mol. The third kappa shape index (κ3) is 5.06. The second-order valence-corrected chi connectivity index (χ2v) is 8.32. The van der Waals surface area contributed by atoms with Crippen LogP contribution in [0.15, 0.2) is 63.2 Å². The lowest BCUT2D eigenvalue weighted by molar-refractivity contribution is 0.0949. The van der Waals surface area contributed by atoms with E-state index >= 15 is 0 Å². The zero-order valence-corrected chi connectivity index (χ0v) is 19.2. The van der Waals surface area contributed by atoms with Crippen molar-refractivity contribution in [2.24, 2.45) is 5.10 Å². The normalized spacial score (nSPS) is 11.3. The van der Waals surface area contributed by atoms with Gasteiger partial charge in [-0.1, -0.05) is 28.9 Å². The number of aromatic nitrogens is 5. The molecule has 4 aromatic rings. The Kier molecular flexibility index (Phi) is 6.86. The van der Waals surface area contributed by atoms with Crippen molar-refractivity contribution in [3.63, 3.8) is 0 Å². The number of halogens is 1. The molecule has 3 N–H and O–H groups in total. The number of rotatable bonds is 7. The molecule has 2 aromatic carbocycles. The Labute approximate surface area is 202 Å². The number of hydrazone groups is 1.